The average molecular weight is 338 g/mol. The lowest BCUT2D eigenvalue weighted by Crippen LogP contribution is -2.31. The number of likely N-dealkylation sites (tertiary alicyclic amines) is 1. The fourth-order valence-electron chi connectivity index (χ4n) is 3.44. The minimum absolute atomic E-state index is 0.00542. The number of carbonyl (C=O) groups excluding carboxylic acids is 3. The Balaban J connectivity index is 2.21. The number of unbranched alkanes of at least 4 members (excludes halogenated alkanes) is 4. The van der Waals surface area contributed by atoms with E-state index in [0.29, 0.717) is 25.2 Å². The van der Waals surface area contributed by atoms with Crippen molar-refractivity contribution in [2.45, 2.75) is 91.4 Å². The van der Waals surface area contributed by atoms with Gasteiger partial charge < -0.3 is 0 Å². The quantitative estimate of drug-likeness (QED) is 0.367. The highest BCUT2D eigenvalue weighted by Crippen LogP contribution is 2.25. The number of hydrogen-bond acceptors (Lipinski definition) is 3. The zero-order valence-corrected chi connectivity index (χ0v) is 15.8. The number of amides is 2. The molecule has 1 fully saturated rings. The third-order valence-corrected chi connectivity index (χ3v) is 5.07. The third kappa shape index (κ3) is 6.74. The van der Waals surface area contributed by atoms with Crippen LogP contribution in [0.3, 0.4) is 0 Å². The van der Waals surface area contributed by atoms with Crippen LogP contribution in [0.25, 0.3) is 0 Å². The summed E-state index contributed by atoms with van der Waals surface area (Å²) in [5.41, 5.74) is 0. The molecule has 0 spiro atoms. The number of Topliss-reactive ketones (excluding diaryl/α,β-unsaturated/α-hetero) is 1. The number of rotatable bonds is 13. The van der Waals surface area contributed by atoms with Crippen LogP contribution in [0.2, 0.25) is 0 Å². The number of nitrogens with zero attached hydrogens (tertiary/aromatic N) is 1. The highest BCUT2D eigenvalue weighted by molar-refractivity contribution is 6.03. The van der Waals surface area contributed by atoms with Gasteiger partial charge in [-0.05, 0) is 25.7 Å². The average Bonchev–Trinajstić information content (AvgIpc) is 2.82. The zero-order chi connectivity index (χ0) is 17.9. The molecule has 0 aromatic rings. The molecule has 0 bridgehead atoms. The first-order valence-electron chi connectivity index (χ1n) is 9.88. The van der Waals surface area contributed by atoms with E-state index in [1.165, 1.54) is 4.90 Å². The third-order valence-electron chi connectivity index (χ3n) is 5.07. The van der Waals surface area contributed by atoms with Gasteiger partial charge in [0.05, 0.1) is 0 Å². The molecule has 0 saturated carbocycles. The molecule has 1 heterocycles. The highest BCUT2D eigenvalue weighted by Gasteiger charge is 2.37. The van der Waals surface area contributed by atoms with Gasteiger partial charge in [-0.3, -0.25) is 19.3 Å². The van der Waals surface area contributed by atoms with E-state index in [0.717, 1.165) is 57.8 Å². The smallest absolute Gasteiger partial charge is 0.232 e. The number of carbonyl (C=O) groups is 3. The molecule has 24 heavy (non-hydrogen) atoms. The predicted molar refractivity (Wildman–Crippen MR) is 96.5 cm³/mol. The maximum Gasteiger partial charge on any atom is 0.232 e. The highest BCUT2D eigenvalue weighted by atomic mass is 16.2. The molecular weight excluding hydrogens is 302 g/mol. The zero-order valence-electron chi connectivity index (χ0n) is 15.8. The van der Waals surface area contributed by atoms with E-state index in [9.17, 15) is 14.4 Å². The van der Waals surface area contributed by atoms with Crippen LogP contribution in [-0.4, -0.2) is 29.0 Å². The van der Waals surface area contributed by atoms with Crippen molar-refractivity contribution >= 4 is 17.6 Å². The van der Waals surface area contributed by atoms with Gasteiger partial charge in [-0.2, -0.15) is 0 Å². The first-order chi connectivity index (χ1) is 11.5. The Bertz CT molecular complexity index is 419. The van der Waals surface area contributed by atoms with Gasteiger partial charge in [0, 0.05) is 31.2 Å². The minimum Gasteiger partial charge on any atom is -0.299 e. The molecule has 0 aromatic heterocycles. The molecule has 1 aliphatic heterocycles. The molecule has 1 saturated heterocycles. The molecule has 0 aliphatic carbocycles. The molecule has 2 amide bonds. The van der Waals surface area contributed by atoms with Crippen molar-refractivity contribution in [3.8, 4) is 0 Å². The van der Waals surface area contributed by atoms with Gasteiger partial charge in [0.2, 0.25) is 11.8 Å². The van der Waals surface area contributed by atoms with Gasteiger partial charge in [0.25, 0.3) is 0 Å². The molecule has 0 N–H and O–H groups in total. The van der Waals surface area contributed by atoms with Crippen LogP contribution in [0.1, 0.15) is 91.4 Å². The molecule has 138 valence electrons. The van der Waals surface area contributed by atoms with Crippen LogP contribution in [0.15, 0.2) is 0 Å². The van der Waals surface area contributed by atoms with Gasteiger partial charge in [0.1, 0.15) is 5.78 Å². The van der Waals surface area contributed by atoms with E-state index < -0.39 is 0 Å². The second-order valence-corrected chi connectivity index (χ2v) is 7.25. The summed E-state index contributed by atoms with van der Waals surface area (Å²) in [4.78, 5) is 37.7. The first-order valence-corrected chi connectivity index (χ1v) is 9.88. The van der Waals surface area contributed by atoms with E-state index in [1.807, 2.05) is 6.92 Å². The Hall–Kier alpha value is -1.19. The van der Waals surface area contributed by atoms with Crippen LogP contribution < -0.4 is 0 Å². The Kier molecular flexibility index (Phi) is 9.89. The first kappa shape index (κ1) is 20.9. The minimum atomic E-state index is -0.0829. The van der Waals surface area contributed by atoms with Crippen LogP contribution >= 0.6 is 0 Å². The van der Waals surface area contributed by atoms with Gasteiger partial charge in [-0.1, -0.05) is 52.9 Å². The summed E-state index contributed by atoms with van der Waals surface area (Å²) in [6.45, 7) is 6.78. The fraction of sp³-hybridized carbons (Fsp3) is 0.850. The van der Waals surface area contributed by atoms with Crippen molar-refractivity contribution in [3.63, 3.8) is 0 Å². The molecule has 0 aromatic carbocycles. The van der Waals surface area contributed by atoms with E-state index in [1.54, 1.807) is 0 Å². The maximum atomic E-state index is 12.3. The van der Waals surface area contributed by atoms with E-state index in [4.69, 9.17) is 0 Å². The maximum absolute atomic E-state index is 12.3. The summed E-state index contributed by atoms with van der Waals surface area (Å²) in [5, 5.41) is 0. The van der Waals surface area contributed by atoms with E-state index in [2.05, 4.69) is 13.8 Å². The lowest BCUT2D eigenvalue weighted by Gasteiger charge is -2.15. The molecule has 4 heteroatoms. The summed E-state index contributed by atoms with van der Waals surface area (Å²) in [7, 11) is 0. The standard InChI is InChI=1S/C20H35NO3/c1-4-6-8-12-17-15-19(23)21(20(17)24)14-10-7-9-13-18(22)16(3)11-5-2/h16-17H,4-15H2,1-3H3. The second-order valence-electron chi connectivity index (χ2n) is 7.25. The predicted octanol–water partition coefficient (Wildman–Crippen LogP) is 4.51. The Morgan fingerprint density at radius 1 is 1.08 bits per heavy atom. The molecule has 4 nitrogen and oxygen atoms in total. The molecule has 2 unspecified atom stereocenters. The summed E-state index contributed by atoms with van der Waals surface area (Å²) in [6, 6.07) is 0. The summed E-state index contributed by atoms with van der Waals surface area (Å²) < 4.78 is 0. The lowest BCUT2D eigenvalue weighted by molar-refractivity contribution is -0.139. The van der Waals surface area contributed by atoms with Crippen molar-refractivity contribution in [3.05, 3.63) is 0 Å². The van der Waals surface area contributed by atoms with Crippen LogP contribution in [0.4, 0.5) is 0 Å². The van der Waals surface area contributed by atoms with Crippen molar-refractivity contribution < 1.29 is 14.4 Å². The fourth-order valence-corrected chi connectivity index (χ4v) is 3.44. The molecule has 1 aliphatic rings. The molecular formula is C20H35NO3. The van der Waals surface area contributed by atoms with Gasteiger partial charge in [-0.25, -0.2) is 0 Å². The normalized spacial score (nSPS) is 19.1. The summed E-state index contributed by atoms with van der Waals surface area (Å²) in [6.07, 6.45) is 9.76. The van der Waals surface area contributed by atoms with Crippen LogP contribution in [-0.2, 0) is 14.4 Å². The molecule has 2 atom stereocenters. The second kappa shape index (κ2) is 11.4. The van der Waals surface area contributed by atoms with Gasteiger partial charge in [0.15, 0.2) is 0 Å². The summed E-state index contributed by atoms with van der Waals surface area (Å²) >= 11 is 0. The number of hydrogen-bond donors (Lipinski definition) is 0. The monoisotopic (exact) mass is 337 g/mol. The Morgan fingerprint density at radius 3 is 2.50 bits per heavy atom. The van der Waals surface area contributed by atoms with E-state index in [-0.39, 0.29) is 23.7 Å². The largest absolute Gasteiger partial charge is 0.299 e. The van der Waals surface area contributed by atoms with Crippen LogP contribution in [0.5, 0.6) is 0 Å². The summed E-state index contributed by atoms with van der Waals surface area (Å²) in [5.74, 6) is 0.459. The van der Waals surface area contributed by atoms with Crippen molar-refractivity contribution in [1.29, 1.82) is 0 Å². The Labute approximate surface area is 147 Å². The SMILES string of the molecule is CCCCCC1CC(=O)N(CCCCCC(=O)C(C)CCC)C1=O. The van der Waals surface area contributed by atoms with Crippen LogP contribution in [0, 0.1) is 11.8 Å². The molecule has 1 rings (SSSR count). The van der Waals surface area contributed by atoms with Crippen molar-refractivity contribution in [2.24, 2.45) is 11.8 Å². The lowest BCUT2D eigenvalue weighted by atomic mass is 9.97. The molecule has 0 radical (unpaired) electrons. The topological polar surface area (TPSA) is 54.5 Å². The van der Waals surface area contributed by atoms with Gasteiger partial charge >= 0.3 is 0 Å². The number of ketones is 1. The van der Waals surface area contributed by atoms with Gasteiger partial charge in [-0.15, -0.1) is 0 Å². The van der Waals surface area contributed by atoms with Crippen molar-refractivity contribution in [1.82, 2.24) is 4.90 Å². The Morgan fingerprint density at radius 2 is 1.83 bits per heavy atom. The number of imide groups is 1. The van der Waals surface area contributed by atoms with E-state index >= 15 is 0 Å². The van der Waals surface area contributed by atoms with Crippen molar-refractivity contribution in [2.75, 3.05) is 6.54 Å².